The number of carbonyl (C=O) groups excluding carboxylic acids is 1. The predicted molar refractivity (Wildman–Crippen MR) is 102 cm³/mol. The number of likely N-dealkylation sites (tertiary alicyclic amines) is 1. The molecule has 0 aliphatic carbocycles. The van der Waals surface area contributed by atoms with E-state index in [9.17, 15) is 19.8 Å². The topological polar surface area (TPSA) is 100.0 Å². The van der Waals surface area contributed by atoms with Crippen LogP contribution in [0.15, 0.2) is 48.7 Å². The minimum absolute atomic E-state index is 0.0856. The van der Waals surface area contributed by atoms with E-state index in [1.165, 1.54) is 4.90 Å². The molecule has 7 nitrogen and oxygen atoms in total. The first-order valence-corrected chi connectivity index (χ1v) is 9.30. The molecule has 148 valence electrons. The zero-order valence-corrected chi connectivity index (χ0v) is 15.7. The number of hydrogen-bond acceptors (Lipinski definition) is 5. The Morgan fingerprint density at radius 3 is 2.68 bits per heavy atom. The number of carboxylic acid groups (broad SMARTS) is 1. The van der Waals surface area contributed by atoms with E-state index in [2.05, 4.69) is 4.98 Å². The summed E-state index contributed by atoms with van der Waals surface area (Å²) >= 11 is 0. The van der Waals surface area contributed by atoms with Crippen LogP contribution in [0.1, 0.15) is 29.3 Å². The van der Waals surface area contributed by atoms with Crippen LogP contribution in [0.4, 0.5) is 0 Å². The maximum absolute atomic E-state index is 13.1. The molecular weight excluding hydrogens is 360 g/mol. The smallest absolute Gasteiger partial charge is 0.314 e. The van der Waals surface area contributed by atoms with Crippen molar-refractivity contribution in [2.24, 2.45) is 5.41 Å². The number of hydrogen-bond donors (Lipinski definition) is 2. The highest BCUT2D eigenvalue weighted by molar-refractivity contribution is 5.97. The summed E-state index contributed by atoms with van der Waals surface area (Å²) in [6.07, 6.45) is 0.822. The highest BCUT2D eigenvalue weighted by Crippen LogP contribution is 2.35. The first-order valence-electron chi connectivity index (χ1n) is 9.30. The maximum atomic E-state index is 13.1. The number of pyridine rings is 1. The summed E-state index contributed by atoms with van der Waals surface area (Å²) in [7, 11) is 0. The number of aliphatic hydroxyl groups excluding tert-OH is 1. The van der Waals surface area contributed by atoms with Crippen LogP contribution >= 0.6 is 0 Å². The van der Waals surface area contributed by atoms with Crippen molar-refractivity contribution in [2.45, 2.75) is 25.9 Å². The van der Waals surface area contributed by atoms with E-state index in [1.54, 1.807) is 25.3 Å². The molecule has 1 aliphatic heterocycles. The van der Waals surface area contributed by atoms with Crippen LogP contribution in [-0.4, -0.2) is 57.8 Å². The zero-order valence-electron chi connectivity index (χ0n) is 15.7. The second-order valence-electron chi connectivity index (χ2n) is 6.94. The fraction of sp³-hybridized carbons (Fsp3) is 0.381. The minimum atomic E-state index is -1.47. The van der Waals surface area contributed by atoms with Crippen LogP contribution in [0.5, 0.6) is 5.88 Å². The van der Waals surface area contributed by atoms with Crippen LogP contribution in [0.2, 0.25) is 0 Å². The first-order chi connectivity index (χ1) is 13.5. The third-order valence-electron chi connectivity index (χ3n) is 5.14. The molecule has 0 spiro atoms. The van der Waals surface area contributed by atoms with E-state index >= 15 is 0 Å². The fourth-order valence-electron chi connectivity index (χ4n) is 3.65. The molecule has 2 N–H and O–H groups in total. The van der Waals surface area contributed by atoms with Gasteiger partial charge in [-0.15, -0.1) is 0 Å². The van der Waals surface area contributed by atoms with Gasteiger partial charge in [0.1, 0.15) is 11.0 Å². The van der Waals surface area contributed by atoms with Crippen LogP contribution < -0.4 is 4.74 Å². The molecule has 0 unspecified atom stereocenters. The van der Waals surface area contributed by atoms with Gasteiger partial charge in [0.05, 0.1) is 12.7 Å². The monoisotopic (exact) mass is 384 g/mol. The van der Waals surface area contributed by atoms with Crippen molar-refractivity contribution < 1.29 is 24.5 Å². The molecule has 1 fully saturated rings. The number of nitrogens with zero attached hydrogens (tertiary/aromatic N) is 2. The molecular formula is C21H24N2O5. The van der Waals surface area contributed by atoms with Gasteiger partial charge < -0.3 is 19.8 Å². The fourth-order valence-corrected chi connectivity index (χ4v) is 3.65. The molecule has 1 aromatic heterocycles. The lowest BCUT2D eigenvalue weighted by Gasteiger charge is -2.43. The van der Waals surface area contributed by atoms with Crippen molar-refractivity contribution in [3.63, 3.8) is 0 Å². The van der Waals surface area contributed by atoms with Crippen LogP contribution in [0, 0.1) is 5.41 Å². The van der Waals surface area contributed by atoms with E-state index < -0.39 is 17.5 Å². The lowest BCUT2D eigenvalue weighted by atomic mass is 9.72. The van der Waals surface area contributed by atoms with Gasteiger partial charge >= 0.3 is 5.97 Å². The van der Waals surface area contributed by atoms with Crippen molar-refractivity contribution in [1.82, 2.24) is 9.88 Å². The molecule has 2 aromatic rings. The number of aliphatic hydroxyl groups is 1. The number of carbonyl (C=O) groups is 2. The average molecular weight is 384 g/mol. The number of ether oxygens (including phenoxy) is 1. The highest BCUT2D eigenvalue weighted by atomic mass is 16.5. The zero-order chi connectivity index (χ0) is 20.1. The highest BCUT2D eigenvalue weighted by Gasteiger charge is 2.50. The summed E-state index contributed by atoms with van der Waals surface area (Å²) in [5.74, 6) is -1.23. The summed E-state index contributed by atoms with van der Waals surface area (Å²) in [5.41, 5.74) is -0.377. The Hall–Kier alpha value is -2.93. The van der Waals surface area contributed by atoms with Crippen molar-refractivity contribution in [3.8, 4) is 5.88 Å². The van der Waals surface area contributed by atoms with Gasteiger partial charge in [-0.1, -0.05) is 30.3 Å². The Morgan fingerprint density at radius 2 is 2.00 bits per heavy atom. The van der Waals surface area contributed by atoms with E-state index in [-0.39, 0.29) is 37.7 Å². The van der Waals surface area contributed by atoms with Crippen molar-refractivity contribution in [3.05, 3.63) is 59.8 Å². The molecule has 3 rings (SSSR count). The average Bonchev–Trinajstić information content (AvgIpc) is 2.70. The first kappa shape index (κ1) is 19.8. The molecule has 28 heavy (non-hydrogen) atoms. The van der Waals surface area contributed by atoms with Crippen LogP contribution in [0.25, 0.3) is 0 Å². The van der Waals surface area contributed by atoms with E-state index in [0.29, 0.717) is 12.2 Å². The van der Waals surface area contributed by atoms with Gasteiger partial charge in [-0.2, -0.15) is 0 Å². The third kappa shape index (κ3) is 3.84. The largest absolute Gasteiger partial charge is 0.481 e. The predicted octanol–water partition coefficient (Wildman–Crippen LogP) is 2.00. The second-order valence-corrected chi connectivity index (χ2v) is 6.94. The number of benzene rings is 1. The van der Waals surface area contributed by atoms with E-state index in [1.807, 2.05) is 30.3 Å². The summed E-state index contributed by atoms with van der Waals surface area (Å²) < 4.78 is 5.44. The van der Waals surface area contributed by atoms with Gasteiger partial charge in [0.25, 0.3) is 5.91 Å². The van der Waals surface area contributed by atoms with Crippen LogP contribution in [0.3, 0.4) is 0 Å². The van der Waals surface area contributed by atoms with Gasteiger partial charge in [0.2, 0.25) is 5.88 Å². The molecule has 1 saturated heterocycles. The number of piperidine rings is 1. The van der Waals surface area contributed by atoms with E-state index in [4.69, 9.17) is 4.74 Å². The van der Waals surface area contributed by atoms with Gasteiger partial charge in [-0.3, -0.25) is 9.59 Å². The van der Waals surface area contributed by atoms with Crippen molar-refractivity contribution in [1.29, 1.82) is 0 Å². The van der Waals surface area contributed by atoms with Gasteiger partial charge in [0, 0.05) is 19.3 Å². The summed E-state index contributed by atoms with van der Waals surface area (Å²) in [4.78, 5) is 30.9. The Morgan fingerprint density at radius 1 is 1.25 bits per heavy atom. The van der Waals surface area contributed by atoms with Gasteiger partial charge in [-0.25, -0.2) is 4.98 Å². The Balaban J connectivity index is 1.90. The van der Waals surface area contributed by atoms with E-state index in [0.717, 1.165) is 5.56 Å². The lowest BCUT2D eigenvalue weighted by molar-refractivity contribution is -0.161. The molecule has 0 saturated carbocycles. The SMILES string of the molecule is CCOc1ncccc1C(=O)N1CC[C@@H](O)[C@](Cc2ccccc2)(C(=O)O)C1. The number of amides is 1. The number of carboxylic acids is 1. The third-order valence-corrected chi connectivity index (χ3v) is 5.14. The van der Waals surface area contributed by atoms with Gasteiger partial charge in [0.15, 0.2) is 0 Å². The molecule has 2 atom stereocenters. The molecule has 1 aromatic carbocycles. The second kappa shape index (κ2) is 8.39. The quantitative estimate of drug-likeness (QED) is 0.790. The maximum Gasteiger partial charge on any atom is 0.314 e. The Labute approximate surface area is 163 Å². The number of aliphatic carboxylic acids is 1. The van der Waals surface area contributed by atoms with Gasteiger partial charge in [-0.05, 0) is 37.5 Å². The molecule has 0 radical (unpaired) electrons. The van der Waals surface area contributed by atoms with Crippen molar-refractivity contribution in [2.75, 3.05) is 19.7 Å². The molecule has 1 aliphatic rings. The summed E-state index contributed by atoms with van der Waals surface area (Å²) in [6.45, 7) is 2.35. The molecule has 7 heteroatoms. The minimum Gasteiger partial charge on any atom is -0.481 e. The van der Waals surface area contributed by atoms with Crippen LogP contribution in [-0.2, 0) is 11.2 Å². The van der Waals surface area contributed by atoms with Crippen molar-refractivity contribution >= 4 is 11.9 Å². The Bertz CT molecular complexity index is 842. The molecule has 2 heterocycles. The normalized spacial score (nSPS) is 21.9. The lowest BCUT2D eigenvalue weighted by Crippen LogP contribution is -2.58. The molecule has 0 bridgehead atoms. The number of rotatable bonds is 6. The number of aromatic nitrogens is 1. The summed E-state index contributed by atoms with van der Waals surface area (Å²) in [6, 6.07) is 12.4. The standard InChI is InChI=1S/C21H24N2O5/c1-2-28-18-16(9-6-11-22-18)19(25)23-12-10-17(24)21(14-23,20(26)27)13-15-7-4-3-5-8-15/h3-9,11,17,24H,2,10,12-14H2,1H3,(H,26,27)/t17-,21-/m1/s1. The summed E-state index contributed by atoms with van der Waals surface area (Å²) in [5, 5.41) is 20.6. The molecule has 1 amide bonds. The Kier molecular flexibility index (Phi) is 5.94.